The van der Waals surface area contributed by atoms with Gasteiger partial charge in [-0.15, -0.1) is 0 Å². The number of hydrogen-bond acceptors (Lipinski definition) is 4. The molecule has 0 atom stereocenters. The van der Waals surface area contributed by atoms with E-state index in [4.69, 9.17) is 33.7 Å². The lowest BCUT2D eigenvalue weighted by Gasteiger charge is -2.36. The lowest BCUT2D eigenvalue weighted by atomic mass is 10.2. The molecule has 1 fully saturated rings. The van der Waals surface area contributed by atoms with Gasteiger partial charge < -0.3 is 15.4 Å². The van der Waals surface area contributed by atoms with Gasteiger partial charge in [-0.2, -0.15) is 0 Å². The van der Waals surface area contributed by atoms with Gasteiger partial charge in [0.25, 0.3) is 0 Å². The first-order valence-corrected chi connectivity index (χ1v) is 8.12. The fraction of sp³-hybridized carbons (Fsp3) is 0.600. The Morgan fingerprint density at radius 2 is 1.81 bits per heavy atom. The zero-order chi connectivity index (χ0) is 15.2. The third-order valence-electron chi connectivity index (χ3n) is 3.89. The largest absolute Gasteiger partial charge is 0.495 e. The van der Waals surface area contributed by atoms with E-state index in [1.807, 2.05) is 12.1 Å². The second-order valence-electron chi connectivity index (χ2n) is 5.24. The Labute approximate surface area is 136 Å². The highest BCUT2D eigenvalue weighted by Crippen LogP contribution is 2.39. The molecule has 0 bridgehead atoms. The Balaban J connectivity index is 1.95. The molecule has 0 radical (unpaired) electrons. The SMILES string of the molecule is COc1ccc(N2CCN(CCCCN)CC2)c(Cl)c1Cl. The first kappa shape index (κ1) is 16.7. The van der Waals surface area contributed by atoms with Gasteiger partial charge in [0.15, 0.2) is 0 Å². The number of methoxy groups -OCH3 is 1. The van der Waals surface area contributed by atoms with E-state index < -0.39 is 0 Å². The highest BCUT2D eigenvalue weighted by Gasteiger charge is 2.20. The molecule has 0 spiro atoms. The number of ether oxygens (including phenoxy) is 1. The number of rotatable bonds is 6. The van der Waals surface area contributed by atoms with Gasteiger partial charge in [-0.25, -0.2) is 0 Å². The summed E-state index contributed by atoms with van der Waals surface area (Å²) in [4.78, 5) is 4.76. The van der Waals surface area contributed by atoms with Crippen LogP contribution in [0.5, 0.6) is 5.75 Å². The molecule has 118 valence electrons. The minimum atomic E-state index is 0.488. The standard InChI is InChI=1S/C15H23Cl2N3O/c1-21-13-5-4-12(14(16)15(13)17)20-10-8-19(9-11-20)7-3-2-6-18/h4-5H,2-3,6-11,18H2,1H3. The molecule has 6 heteroatoms. The number of nitrogens with two attached hydrogens (primary N) is 1. The van der Waals surface area contributed by atoms with Crippen molar-refractivity contribution in [2.75, 3.05) is 51.3 Å². The molecule has 4 nitrogen and oxygen atoms in total. The van der Waals surface area contributed by atoms with Gasteiger partial charge >= 0.3 is 0 Å². The highest BCUT2D eigenvalue weighted by atomic mass is 35.5. The van der Waals surface area contributed by atoms with Gasteiger partial charge in [-0.1, -0.05) is 23.2 Å². The van der Waals surface area contributed by atoms with Crippen LogP contribution >= 0.6 is 23.2 Å². The first-order valence-electron chi connectivity index (χ1n) is 7.36. The molecule has 1 aliphatic heterocycles. The third kappa shape index (κ3) is 4.16. The van der Waals surface area contributed by atoms with E-state index in [9.17, 15) is 0 Å². The van der Waals surface area contributed by atoms with Crippen LogP contribution in [-0.2, 0) is 0 Å². The van der Waals surface area contributed by atoms with Crippen molar-refractivity contribution in [3.63, 3.8) is 0 Å². The lowest BCUT2D eigenvalue weighted by Crippen LogP contribution is -2.46. The molecular formula is C15H23Cl2N3O. The van der Waals surface area contributed by atoms with Gasteiger partial charge in [0.1, 0.15) is 10.8 Å². The van der Waals surface area contributed by atoms with Crippen molar-refractivity contribution in [2.24, 2.45) is 5.73 Å². The molecule has 0 aliphatic carbocycles. The molecule has 2 N–H and O–H groups in total. The van der Waals surface area contributed by atoms with Crippen LogP contribution in [0, 0.1) is 0 Å². The van der Waals surface area contributed by atoms with E-state index in [-0.39, 0.29) is 0 Å². The average Bonchev–Trinajstić information content (AvgIpc) is 2.51. The summed E-state index contributed by atoms with van der Waals surface area (Å²) in [7, 11) is 1.59. The molecule has 1 aromatic carbocycles. The molecular weight excluding hydrogens is 309 g/mol. The fourth-order valence-electron chi connectivity index (χ4n) is 2.62. The van der Waals surface area contributed by atoms with Crippen LogP contribution in [0.3, 0.4) is 0 Å². The van der Waals surface area contributed by atoms with Crippen LogP contribution in [-0.4, -0.2) is 51.3 Å². The summed E-state index contributed by atoms with van der Waals surface area (Å²) in [5, 5.41) is 1.06. The van der Waals surface area contributed by atoms with Crippen LogP contribution < -0.4 is 15.4 Å². The molecule has 1 saturated heterocycles. The monoisotopic (exact) mass is 331 g/mol. The summed E-state index contributed by atoms with van der Waals surface area (Å²) in [5.74, 6) is 0.617. The number of piperazine rings is 1. The molecule has 1 aliphatic rings. The second kappa shape index (κ2) is 8.08. The Kier molecular flexibility index (Phi) is 6.42. The van der Waals surface area contributed by atoms with E-state index in [0.717, 1.165) is 51.4 Å². The summed E-state index contributed by atoms with van der Waals surface area (Å²) in [6.07, 6.45) is 2.27. The summed E-state index contributed by atoms with van der Waals surface area (Å²) in [6.45, 7) is 5.92. The number of unbranched alkanes of at least 4 members (excludes halogenated alkanes) is 1. The zero-order valence-electron chi connectivity index (χ0n) is 12.4. The maximum Gasteiger partial charge on any atom is 0.139 e. The van der Waals surface area contributed by atoms with E-state index in [1.54, 1.807) is 7.11 Å². The molecule has 1 aromatic rings. The molecule has 21 heavy (non-hydrogen) atoms. The van der Waals surface area contributed by atoms with Crippen molar-refractivity contribution < 1.29 is 4.74 Å². The number of benzene rings is 1. The number of halogens is 2. The summed E-state index contributed by atoms with van der Waals surface area (Å²) >= 11 is 12.6. The van der Waals surface area contributed by atoms with Crippen molar-refractivity contribution in [1.82, 2.24) is 4.90 Å². The van der Waals surface area contributed by atoms with Crippen LogP contribution in [0.1, 0.15) is 12.8 Å². The topological polar surface area (TPSA) is 41.7 Å². The maximum atomic E-state index is 6.37. The Morgan fingerprint density at radius 1 is 1.10 bits per heavy atom. The minimum Gasteiger partial charge on any atom is -0.495 e. The molecule has 0 aromatic heterocycles. The van der Waals surface area contributed by atoms with Gasteiger partial charge in [0, 0.05) is 26.2 Å². The number of nitrogens with zero attached hydrogens (tertiary/aromatic N) is 2. The van der Waals surface area contributed by atoms with Crippen LogP contribution in [0.2, 0.25) is 10.0 Å². The molecule has 2 rings (SSSR count). The van der Waals surface area contributed by atoms with Crippen LogP contribution in [0.15, 0.2) is 12.1 Å². The molecule has 1 heterocycles. The zero-order valence-corrected chi connectivity index (χ0v) is 14.0. The van der Waals surface area contributed by atoms with Crippen molar-refractivity contribution in [3.8, 4) is 5.75 Å². The first-order chi connectivity index (χ1) is 10.2. The predicted octanol–water partition coefficient (Wildman–Crippen LogP) is 2.86. The van der Waals surface area contributed by atoms with E-state index in [0.29, 0.717) is 15.8 Å². The van der Waals surface area contributed by atoms with Crippen LogP contribution in [0.25, 0.3) is 0 Å². The van der Waals surface area contributed by atoms with Crippen molar-refractivity contribution >= 4 is 28.9 Å². The lowest BCUT2D eigenvalue weighted by molar-refractivity contribution is 0.253. The predicted molar refractivity (Wildman–Crippen MR) is 90.0 cm³/mol. The maximum absolute atomic E-state index is 6.37. The summed E-state index contributed by atoms with van der Waals surface area (Å²) < 4.78 is 5.19. The van der Waals surface area contributed by atoms with Crippen LogP contribution in [0.4, 0.5) is 5.69 Å². The quantitative estimate of drug-likeness (QED) is 0.814. The smallest absolute Gasteiger partial charge is 0.139 e. The van der Waals surface area contributed by atoms with Crippen molar-refractivity contribution in [2.45, 2.75) is 12.8 Å². The third-order valence-corrected chi connectivity index (χ3v) is 4.74. The second-order valence-corrected chi connectivity index (χ2v) is 6.00. The number of anilines is 1. The highest BCUT2D eigenvalue weighted by molar-refractivity contribution is 6.44. The van der Waals surface area contributed by atoms with Gasteiger partial charge in [-0.3, -0.25) is 4.90 Å². The molecule has 0 unspecified atom stereocenters. The Hall–Kier alpha value is -0.680. The normalized spacial score (nSPS) is 16.3. The number of hydrogen-bond donors (Lipinski definition) is 1. The van der Waals surface area contributed by atoms with E-state index >= 15 is 0 Å². The van der Waals surface area contributed by atoms with E-state index in [2.05, 4.69) is 9.80 Å². The van der Waals surface area contributed by atoms with Crippen molar-refractivity contribution in [1.29, 1.82) is 0 Å². The fourth-order valence-corrected chi connectivity index (χ4v) is 3.13. The molecule has 0 amide bonds. The van der Waals surface area contributed by atoms with Gasteiger partial charge in [-0.05, 0) is 38.1 Å². The van der Waals surface area contributed by atoms with Crippen molar-refractivity contribution in [3.05, 3.63) is 22.2 Å². The van der Waals surface area contributed by atoms with E-state index in [1.165, 1.54) is 6.42 Å². The summed E-state index contributed by atoms with van der Waals surface area (Å²) in [5.41, 5.74) is 6.52. The van der Waals surface area contributed by atoms with Gasteiger partial charge in [0.2, 0.25) is 0 Å². The van der Waals surface area contributed by atoms with Gasteiger partial charge in [0.05, 0.1) is 17.8 Å². The Bertz CT molecular complexity index is 462. The summed E-state index contributed by atoms with van der Waals surface area (Å²) in [6, 6.07) is 3.86. The average molecular weight is 332 g/mol. The molecule has 0 saturated carbocycles. The Morgan fingerprint density at radius 3 is 2.43 bits per heavy atom. The minimum absolute atomic E-state index is 0.488.